The third kappa shape index (κ3) is 4.07. The van der Waals surface area contributed by atoms with Crippen LogP contribution >= 0.6 is 22.9 Å². The molecule has 0 aliphatic rings. The number of thiazole rings is 1. The zero-order valence-electron chi connectivity index (χ0n) is 14.2. The molecule has 8 heteroatoms. The van der Waals surface area contributed by atoms with Gasteiger partial charge in [0.25, 0.3) is 0 Å². The van der Waals surface area contributed by atoms with Crippen molar-refractivity contribution in [3.8, 4) is 16.3 Å². The first-order valence-corrected chi connectivity index (χ1v) is 10.4. The van der Waals surface area contributed by atoms with Crippen LogP contribution in [0.5, 0.6) is 5.75 Å². The van der Waals surface area contributed by atoms with Crippen LogP contribution in [0, 0.1) is 6.92 Å². The Morgan fingerprint density at radius 3 is 2.69 bits per heavy atom. The van der Waals surface area contributed by atoms with Crippen LogP contribution in [0.25, 0.3) is 10.6 Å². The van der Waals surface area contributed by atoms with Crippen LogP contribution < -0.4 is 9.46 Å². The first-order chi connectivity index (χ1) is 12.4. The fraction of sp³-hybridized carbons (Fsp3) is 0.167. The van der Waals surface area contributed by atoms with Crippen LogP contribution in [0.4, 0.5) is 0 Å². The molecule has 0 bridgehead atoms. The minimum atomic E-state index is -3.65. The third-order valence-corrected chi connectivity index (χ3v) is 6.69. The molecule has 0 aliphatic carbocycles. The van der Waals surface area contributed by atoms with Crippen LogP contribution in [-0.4, -0.2) is 20.5 Å². The lowest BCUT2D eigenvalue weighted by Gasteiger charge is -2.07. The van der Waals surface area contributed by atoms with E-state index in [1.54, 1.807) is 18.2 Å². The third-order valence-electron chi connectivity index (χ3n) is 3.77. The van der Waals surface area contributed by atoms with Crippen molar-refractivity contribution >= 4 is 33.0 Å². The molecule has 0 atom stereocenters. The van der Waals surface area contributed by atoms with Gasteiger partial charge in [-0.05, 0) is 25.1 Å². The molecule has 1 heterocycles. The van der Waals surface area contributed by atoms with E-state index in [4.69, 9.17) is 16.3 Å². The minimum absolute atomic E-state index is 0.158. The van der Waals surface area contributed by atoms with Gasteiger partial charge in [0.2, 0.25) is 10.0 Å². The van der Waals surface area contributed by atoms with E-state index in [-0.39, 0.29) is 11.4 Å². The number of aryl methyl sites for hydroxylation is 1. The molecule has 26 heavy (non-hydrogen) atoms. The monoisotopic (exact) mass is 408 g/mol. The Bertz CT molecular complexity index is 1030. The number of benzene rings is 2. The largest absolute Gasteiger partial charge is 0.497 e. The second-order valence-electron chi connectivity index (χ2n) is 5.51. The second-order valence-corrected chi connectivity index (χ2v) is 8.77. The van der Waals surface area contributed by atoms with Crippen molar-refractivity contribution < 1.29 is 13.2 Å². The van der Waals surface area contributed by atoms with Gasteiger partial charge in [-0.25, -0.2) is 18.1 Å². The number of methoxy groups -OCH3 is 1. The molecule has 1 N–H and O–H groups in total. The second kappa shape index (κ2) is 7.75. The standard InChI is InChI=1S/C18H17ClN2O3S2/c1-12-17(25-18(21-12)15-8-3-4-9-16(15)19)11-20-26(22,23)14-7-5-6-13(10-14)24-2/h3-10,20H,11H2,1-2H3. The Hall–Kier alpha value is -1.93. The lowest BCUT2D eigenvalue weighted by atomic mass is 10.2. The summed E-state index contributed by atoms with van der Waals surface area (Å²) in [6.07, 6.45) is 0. The molecule has 0 amide bonds. The van der Waals surface area contributed by atoms with Crippen LogP contribution in [0.1, 0.15) is 10.6 Å². The number of halogens is 1. The smallest absolute Gasteiger partial charge is 0.241 e. The highest BCUT2D eigenvalue weighted by atomic mass is 35.5. The fourth-order valence-corrected chi connectivity index (χ4v) is 4.80. The quantitative estimate of drug-likeness (QED) is 0.661. The number of nitrogens with one attached hydrogen (secondary N) is 1. The molecule has 136 valence electrons. The Labute approximate surface area is 161 Å². The van der Waals surface area contributed by atoms with E-state index in [9.17, 15) is 8.42 Å². The highest BCUT2D eigenvalue weighted by Gasteiger charge is 2.17. The van der Waals surface area contributed by atoms with Crippen molar-refractivity contribution in [3.05, 3.63) is 64.1 Å². The predicted octanol–water partition coefficient (Wildman–Crippen LogP) is 4.26. The molecule has 3 aromatic rings. The summed E-state index contributed by atoms with van der Waals surface area (Å²) in [4.78, 5) is 5.52. The highest BCUT2D eigenvalue weighted by Crippen LogP contribution is 2.32. The summed E-state index contributed by atoms with van der Waals surface area (Å²) in [5.74, 6) is 0.489. The van der Waals surface area contributed by atoms with E-state index in [2.05, 4.69) is 9.71 Å². The first-order valence-electron chi connectivity index (χ1n) is 7.75. The highest BCUT2D eigenvalue weighted by molar-refractivity contribution is 7.89. The lowest BCUT2D eigenvalue weighted by Crippen LogP contribution is -2.23. The van der Waals surface area contributed by atoms with Crippen molar-refractivity contribution in [2.45, 2.75) is 18.4 Å². The van der Waals surface area contributed by atoms with Gasteiger partial charge < -0.3 is 4.74 Å². The summed E-state index contributed by atoms with van der Waals surface area (Å²) in [6.45, 7) is 2.01. The van der Waals surface area contributed by atoms with Crippen LogP contribution in [-0.2, 0) is 16.6 Å². The van der Waals surface area contributed by atoms with Crippen LogP contribution in [0.2, 0.25) is 5.02 Å². The maximum Gasteiger partial charge on any atom is 0.241 e. The maximum absolute atomic E-state index is 12.5. The molecule has 0 radical (unpaired) electrons. The summed E-state index contributed by atoms with van der Waals surface area (Å²) >= 11 is 7.65. The van der Waals surface area contributed by atoms with Crippen LogP contribution in [0.3, 0.4) is 0 Å². The van der Waals surface area contributed by atoms with Gasteiger partial charge in [-0.2, -0.15) is 0 Å². The van der Waals surface area contributed by atoms with Gasteiger partial charge in [-0.1, -0.05) is 35.9 Å². The number of ether oxygens (including phenoxy) is 1. The minimum Gasteiger partial charge on any atom is -0.497 e. The summed E-state index contributed by atoms with van der Waals surface area (Å²) in [7, 11) is -2.15. The zero-order chi connectivity index (χ0) is 18.7. The van der Waals surface area contributed by atoms with Crippen molar-refractivity contribution in [2.24, 2.45) is 0 Å². The number of aromatic nitrogens is 1. The van der Waals surface area contributed by atoms with E-state index in [0.29, 0.717) is 10.8 Å². The van der Waals surface area contributed by atoms with Gasteiger partial charge in [0, 0.05) is 23.1 Å². The van der Waals surface area contributed by atoms with Crippen LogP contribution in [0.15, 0.2) is 53.4 Å². The molecule has 2 aromatic carbocycles. The lowest BCUT2D eigenvalue weighted by molar-refractivity contribution is 0.413. The maximum atomic E-state index is 12.5. The molecular formula is C18H17ClN2O3S2. The van der Waals surface area contributed by atoms with E-state index >= 15 is 0 Å². The molecule has 0 unspecified atom stereocenters. The summed E-state index contributed by atoms with van der Waals surface area (Å²) in [5.41, 5.74) is 1.61. The number of hydrogen-bond donors (Lipinski definition) is 1. The first kappa shape index (κ1) is 18.8. The zero-order valence-corrected chi connectivity index (χ0v) is 16.6. The normalized spacial score (nSPS) is 11.5. The number of rotatable bonds is 6. The van der Waals surface area contributed by atoms with Gasteiger partial charge in [0.1, 0.15) is 10.8 Å². The van der Waals surface area contributed by atoms with Crippen molar-refractivity contribution in [3.63, 3.8) is 0 Å². The van der Waals surface area contributed by atoms with E-state index < -0.39 is 10.0 Å². The van der Waals surface area contributed by atoms with Gasteiger partial charge in [-0.15, -0.1) is 11.3 Å². The average Bonchev–Trinajstić information content (AvgIpc) is 3.01. The molecule has 5 nitrogen and oxygen atoms in total. The molecule has 0 saturated heterocycles. The number of sulfonamides is 1. The summed E-state index contributed by atoms with van der Waals surface area (Å²) < 4.78 is 32.7. The van der Waals surface area contributed by atoms with Crippen molar-refractivity contribution in [2.75, 3.05) is 7.11 Å². The average molecular weight is 409 g/mol. The van der Waals surface area contributed by atoms with Crippen molar-refractivity contribution in [1.82, 2.24) is 9.71 Å². The molecule has 0 saturated carbocycles. The van der Waals surface area contributed by atoms with Crippen molar-refractivity contribution in [1.29, 1.82) is 0 Å². The van der Waals surface area contributed by atoms with Gasteiger partial charge in [-0.3, -0.25) is 0 Å². The Kier molecular flexibility index (Phi) is 5.62. The van der Waals surface area contributed by atoms with Gasteiger partial charge in [0.05, 0.1) is 22.7 Å². The topological polar surface area (TPSA) is 68.3 Å². The van der Waals surface area contributed by atoms with Gasteiger partial charge in [0.15, 0.2) is 0 Å². The summed E-state index contributed by atoms with van der Waals surface area (Å²) in [5, 5.41) is 1.38. The number of hydrogen-bond acceptors (Lipinski definition) is 5. The predicted molar refractivity (Wildman–Crippen MR) is 104 cm³/mol. The molecule has 0 aliphatic heterocycles. The molecule has 0 spiro atoms. The SMILES string of the molecule is COc1cccc(S(=O)(=O)NCc2sc(-c3ccccc3Cl)nc2C)c1. The molecular weight excluding hydrogens is 392 g/mol. The summed E-state index contributed by atoms with van der Waals surface area (Å²) in [6, 6.07) is 13.8. The molecule has 3 rings (SSSR count). The number of nitrogens with zero attached hydrogens (tertiary/aromatic N) is 1. The van der Waals surface area contributed by atoms with E-state index in [1.807, 2.05) is 25.1 Å². The molecule has 0 fully saturated rings. The molecule has 1 aromatic heterocycles. The fourth-order valence-electron chi connectivity index (χ4n) is 2.35. The Balaban J connectivity index is 1.80. The van der Waals surface area contributed by atoms with Gasteiger partial charge >= 0.3 is 0 Å². The van der Waals surface area contributed by atoms with E-state index in [0.717, 1.165) is 21.1 Å². The van der Waals surface area contributed by atoms with E-state index in [1.165, 1.54) is 30.6 Å². The Morgan fingerprint density at radius 1 is 1.19 bits per heavy atom. The Morgan fingerprint density at radius 2 is 1.96 bits per heavy atom.